The van der Waals surface area contributed by atoms with Crippen LogP contribution in [0.25, 0.3) is 10.2 Å². The van der Waals surface area contributed by atoms with Crippen LogP contribution in [0.5, 0.6) is 0 Å². The minimum Gasteiger partial charge on any atom is -0.397 e. The summed E-state index contributed by atoms with van der Waals surface area (Å²) in [5, 5.41) is 0.887. The minimum absolute atomic E-state index is 0.0580. The van der Waals surface area contributed by atoms with Gasteiger partial charge in [-0.1, -0.05) is 15.9 Å². The fourth-order valence-electron chi connectivity index (χ4n) is 2.10. The van der Waals surface area contributed by atoms with Crippen LogP contribution in [0, 0.1) is 6.92 Å². The number of aryl methyl sites for hydroxylation is 1. The van der Waals surface area contributed by atoms with Gasteiger partial charge in [-0.25, -0.2) is 4.98 Å². The molecule has 3 rings (SSSR count). The first-order chi connectivity index (χ1) is 9.58. The van der Waals surface area contributed by atoms with Gasteiger partial charge in [0.25, 0.3) is 0 Å². The van der Waals surface area contributed by atoms with Crippen molar-refractivity contribution in [2.24, 2.45) is 0 Å². The number of anilines is 1. The van der Waals surface area contributed by atoms with E-state index in [9.17, 15) is 4.79 Å². The highest BCUT2D eigenvalue weighted by molar-refractivity contribution is 9.10. The van der Waals surface area contributed by atoms with Crippen LogP contribution in [0.15, 0.2) is 41.0 Å². The maximum Gasteiger partial charge on any atom is 0.205 e. The monoisotopic (exact) mass is 346 g/mol. The summed E-state index contributed by atoms with van der Waals surface area (Å²) in [6.45, 7) is 1.97. The molecular formula is C15H11BrN2OS. The topological polar surface area (TPSA) is 56.0 Å². The van der Waals surface area contributed by atoms with Gasteiger partial charge in [-0.05, 0) is 42.8 Å². The van der Waals surface area contributed by atoms with Crippen LogP contribution in [0.4, 0.5) is 5.69 Å². The Morgan fingerprint density at radius 1 is 1.25 bits per heavy atom. The third-order valence-corrected chi connectivity index (χ3v) is 4.79. The van der Waals surface area contributed by atoms with Crippen molar-refractivity contribution in [3.8, 4) is 0 Å². The quantitative estimate of drug-likeness (QED) is 0.708. The van der Waals surface area contributed by atoms with E-state index in [1.165, 1.54) is 11.3 Å². The molecule has 20 heavy (non-hydrogen) atoms. The summed E-state index contributed by atoms with van der Waals surface area (Å²) < 4.78 is 0.941. The van der Waals surface area contributed by atoms with Gasteiger partial charge in [0.15, 0.2) is 0 Å². The Labute approximate surface area is 128 Å². The van der Waals surface area contributed by atoms with Gasteiger partial charge in [0.1, 0.15) is 9.71 Å². The highest BCUT2D eigenvalue weighted by Gasteiger charge is 2.19. The van der Waals surface area contributed by atoms with E-state index < -0.39 is 0 Å². The molecule has 0 spiro atoms. The third kappa shape index (κ3) is 2.13. The molecule has 2 aromatic heterocycles. The Balaban J connectivity index is 2.15. The van der Waals surface area contributed by atoms with Crippen LogP contribution in [0.2, 0.25) is 0 Å². The molecule has 0 aliphatic heterocycles. The van der Waals surface area contributed by atoms with Crippen LogP contribution in [-0.2, 0) is 0 Å². The Morgan fingerprint density at radius 3 is 2.60 bits per heavy atom. The predicted octanol–water partition coefficient (Wildman–Crippen LogP) is 4.18. The molecule has 3 nitrogen and oxygen atoms in total. The number of halogens is 1. The van der Waals surface area contributed by atoms with E-state index in [0.29, 0.717) is 16.1 Å². The Hall–Kier alpha value is -1.72. The third-order valence-electron chi connectivity index (χ3n) is 3.15. The van der Waals surface area contributed by atoms with Crippen LogP contribution in [0.3, 0.4) is 0 Å². The maximum atomic E-state index is 12.5. The predicted molar refractivity (Wildman–Crippen MR) is 86.3 cm³/mol. The lowest BCUT2D eigenvalue weighted by atomic mass is 10.1. The van der Waals surface area contributed by atoms with Crippen molar-refractivity contribution < 1.29 is 4.79 Å². The lowest BCUT2D eigenvalue weighted by molar-refractivity contribution is 0.104. The number of fused-ring (bicyclic) bond motifs is 1. The number of rotatable bonds is 2. The summed E-state index contributed by atoms with van der Waals surface area (Å²) in [7, 11) is 0. The first-order valence-electron chi connectivity index (χ1n) is 6.02. The molecule has 0 unspecified atom stereocenters. The fourth-order valence-corrected chi connectivity index (χ4v) is 3.47. The van der Waals surface area contributed by atoms with Gasteiger partial charge in [-0.15, -0.1) is 11.3 Å². The van der Waals surface area contributed by atoms with Gasteiger partial charge < -0.3 is 5.73 Å². The summed E-state index contributed by atoms with van der Waals surface area (Å²) >= 11 is 4.71. The summed E-state index contributed by atoms with van der Waals surface area (Å²) in [5.41, 5.74) is 8.35. The van der Waals surface area contributed by atoms with E-state index >= 15 is 0 Å². The Bertz CT molecular complexity index is 809. The number of carbonyl (C=O) groups is 1. The number of aromatic nitrogens is 1. The number of nitrogens with two attached hydrogens (primary N) is 1. The average Bonchev–Trinajstić information content (AvgIpc) is 2.77. The second-order valence-corrected chi connectivity index (χ2v) is 6.40. The second kappa shape index (κ2) is 5.00. The summed E-state index contributed by atoms with van der Waals surface area (Å²) in [6, 6.07) is 9.17. The van der Waals surface area contributed by atoms with Crippen molar-refractivity contribution in [1.82, 2.24) is 4.98 Å². The molecule has 0 aliphatic carbocycles. The van der Waals surface area contributed by atoms with Crippen molar-refractivity contribution >= 4 is 49.0 Å². The summed E-state index contributed by atoms with van der Waals surface area (Å²) in [4.78, 5) is 18.2. The lowest BCUT2D eigenvalue weighted by Crippen LogP contribution is -2.01. The number of ketones is 1. The van der Waals surface area contributed by atoms with Crippen molar-refractivity contribution in [2.75, 3.05) is 5.73 Å². The number of hydrogen-bond acceptors (Lipinski definition) is 4. The minimum atomic E-state index is -0.0580. The number of nitrogen functional groups attached to an aromatic ring is 1. The molecule has 100 valence electrons. The number of benzene rings is 1. The number of pyridine rings is 1. The zero-order chi connectivity index (χ0) is 14.3. The van der Waals surface area contributed by atoms with E-state index in [4.69, 9.17) is 5.73 Å². The molecule has 0 aliphatic rings. The fraction of sp³-hybridized carbons (Fsp3) is 0.0667. The van der Waals surface area contributed by atoms with Gasteiger partial charge in [-0.2, -0.15) is 0 Å². The highest BCUT2D eigenvalue weighted by Crippen LogP contribution is 2.35. The van der Waals surface area contributed by atoms with Gasteiger partial charge in [0, 0.05) is 21.6 Å². The molecule has 0 bridgehead atoms. The standard InChI is InChI=1S/C15H11BrN2OS/c1-8-6-7-18-15-11(8)12(17)14(20-15)13(19)9-2-4-10(16)5-3-9/h2-7H,17H2,1H3. The summed E-state index contributed by atoms with van der Waals surface area (Å²) in [6.07, 6.45) is 1.74. The van der Waals surface area contributed by atoms with Crippen molar-refractivity contribution in [2.45, 2.75) is 6.92 Å². The van der Waals surface area contributed by atoms with Gasteiger partial charge in [-0.3, -0.25) is 4.79 Å². The van der Waals surface area contributed by atoms with E-state index in [1.54, 1.807) is 18.3 Å². The van der Waals surface area contributed by atoms with Crippen molar-refractivity contribution in [3.63, 3.8) is 0 Å². The van der Waals surface area contributed by atoms with Crippen molar-refractivity contribution in [1.29, 1.82) is 0 Å². The van der Waals surface area contributed by atoms with Crippen LogP contribution >= 0.6 is 27.3 Å². The lowest BCUT2D eigenvalue weighted by Gasteiger charge is -2.00. The molecule has 1 aromatic carbocycles. The second-order valence-electron chi connectivity index (χ2n) is 4.49. The molecule has 3 aromatic rings. The zero-order valence-electron chi connectivity index (χ0n) is 10.7. The molecular weight excluding hydrogens is 336 g/mol. The number of thiophene rings is 1. The zero-order valence-corrected chi connectivity index (χ0v) is 13.1. The van der Waals surface area contributed by atoms with Crippen LogP contribution < -0.4 is 5.73 Å². The molecule has 0 saturated carbocycles. The maximum absolute atomic E-state index is 12.5. The highest BCUT2D eigenvalue weighted by atomic mass is 79.9. The van der Waals surface area contributed by atoms with E-state index in [0.717, 1.165) is 20.3 Å². The van der Waals surface area contributed by atoms with E-state index in [-0.39, 0.29) is 5.78 Å². The smallest absolute Gasteiger partial charge is 0.205 e. The first kappa shape index (κ1) is 13.3. The molecule has 2 N–H and O–H groups in total. The van der Waals surface area contributed by atoms with Crippen molar-refractivity contribution in [3.05, 3.63) is 57.0 Å². The molecule has 0 atom stereocenters. The SMILES string of the molecule is Cc1ccnc2sc(C(=O)c3ccc(Br)cc3)c(N)c12. The normalized spacial score (nSPS) is 10.9. The van der Waals surface area contributed by atoms with Crippen LogP contribution in [-0.4, -0.2) is 10.8 Å². The largest absolute Gasteiger partial charge is 0.397 e. The molecule has 0 saturated heterocycles. The molecule has 5 heteroatoms. The van der Waals surface area contributed by atoms with Gasteiger partial charge >= 0.3 is 0 Å². The summed E-state index contributed by atoms with van der Waals surface area (Å²) in [5.74, 6) is -0.0580. The van der Waals surface area contributed by atoms with Gasteiger partial charge in [0.2, 0.25) is 5.78 Å². The number of carbonyl (C=O) groups excluding carboxylic acids is 1. The molecule has 0 amide bonds. The molecule has 2 heterocycles. The van der Waals surface area contributed by atoms with Crippen LogP contribution in [0.1, 0.15) is 20.8 Å². The number of nitrogens with zero attached hydrogens (tertiary/aromatic N) is 1. The van der Waals surface area contributed by atoms with E-state index in [1.807, 2.05) is 25.1 Å². The number of hydrogen-bond donors (Lipinski definition) is 1. The molecule has 0 radical (unpaired) electrons. The van der Waals surface area contributed by atoms with Gasteiger partial charge in [0.05, 0.1) is 5.69 Å². The Kier molecular flexibility index (Phi) is 3.31. The molecule has 0 fully saturated rings. The first-order valence-corrected chi connectivity index (χ1v) is 7.62. The average molecular weight is 347 g/mol. The van der Waals surface area contributed by atoms with E-state index in [2.05, 4.69) is 20.9 Å². The Morgan fingerprint density at radius 2 is 1.95 bits per heavy atom.